The van der Waals surface area contributed by atoms with Crippen molar-refractivity contribution in [2.24, 2.45) is 5.84 Å². The van der Waals surface area contributed by atoms with E-state index < -0.39 is 11.7 Å². The number of ether oxygens (including phenoxy) is 2. The zero-order valence-electron chi connectivity index (χ0n) is 9.75. The highest BCUT2D eigenvalue weighted by molar-refractivity contribution is 5.41. The Morgan fingerprint density at radius 3 is 2.61 bits per heavy atom. The minimum Gasteiger partial charge on any atom is -0.478 e. The van der Waals surface area contributed by atoms with Gasteiger partial charge in [-0.15, -0.1) is 0 Å². The number of aromatic nitrogens is 1. The van der Waals surface area contributed by atoms with Gasteiger partial charge in [0, 0.05) is 26.2 Å². The van der Waals surface area contributed by atoms with E-state index in [1.165, 1.54) is 7.11 Å². The van der Waals surface area contributed by atoms with Crippen LogP contribution in [0.5, 0.6) is 5.88 Å². The Morgan fingerprint density at radius 2 is 2.06 bits per heavy atom. The number of hydrazine groups is 1. The summed E-state index contributed by atoms with van der Waals surface area (Å²) < 4.78 is 47.6. The van der Waals surface area contributed by atoms with Crippen molar-refractivity contribution in [2.45, 2.75) is 12.6 Å². The average molecular weight is 265 g/mol. The molecule has 0 radical (unpaired) electrons. The lowest BCUT2D eigenvalue weighted by molar-refractivity contribution is -0.137. The topological polar surface area (TPSA) is 69.4 Å². The molecule has 0 bridgehead atoms. The van der Waals surface area contributed by atoms with Gasteiger partial charge in [-0.2, -0.15) is 18.2 Å². The smallest absolute Gasteiger partial charge is 0.416 e. The van der Waals surface area contributed by atoms with Crippen LogP contribution in [0.15, 0.2) is 12.1 Å². The van der Waals surface area contributed by atoms with E-state index in [9.17, 15) is 13.2 Å². The molecular formula is C10H14F3N3O2. The van der Waals surface area contributed by atoms with Gasteiger partial charge in [0.1, 0.15) is 5.82 Å². The summed E-state index contributed by atoms with van der Waals surface area (Å²) in [5.41, 5.74) is 1.20. The van der Waals surface area contributed by atoms with Crippen LogP contribution in [0, 0.1) is 0 Å². The van der Waals surface area contributed by atoms with Crippen LogP contribution in [0.25, 0.3) is 0 Å². The first kappa shape index (κ1) is 14.5. The van der Waals surface area contributed by atoms with Gasteiger partial charge in [0.25, 0.3) is 0 Å². The Morgan fingerprint density at radius 1 is 1.33 bits per heavy atom. The van der Waals surface area contributed by atoms with E-state index in [-0.39, 0.29) is 18.3 Å². The molecule has 1 heterocycles. The van der Waals surface area contributed by atoms with E-state index >= 15 is 0 Å². The highest BCUT2D eigenvalue weighted by Gasteiger charge is 2.31. The molecule has 102 valence electrons. The summed E-state index contributed by atoms with van der Waals surface area (Å²) in [5.74, 6) is 4.82. The third-order valence-corrected chi connectivity index (χ3v) is 2.02. The average Bonchev–Trinajstić information content (AvgIpc) is 2.33. The highest BCUT2D eigenvalue weighted by Crippen LogP contribution is 2.32. The Hall–Kier alpha value is -1.54. The van der Waals surface area contributed by atoms with Gasteiger partial charge in [0.05, 0.1) is 12.2 Å². The molecule has 0 aromatic carbocycles. The fourth-order valence-corrected chi connectivity index (χ4v) is 1.20. The molecule has 0 amide bonds. The maximum absolute atomic E-state index is 12.6. The number of pyridine rings is 1. The molecule has 0 atom stereocenters. The predicted octanol–water partition coefficient (Wildman–Crippen LogP) is 1.80. The molecule has 0 spiro atoms. The van der Waals surface area contributed by atoms with Crippen molar-refractivity contribution < 1.29 is 22.6 Å². The first-order chi connectivity index (χ1) is 8.47. The number of nitrogen functional groups attached to an aromatic ring is 1. The van der Waals surface area contributed by atoms with E-state index in [1.807, 2.05) is 0 Å². The molecule has 5 nitrogen and oxygen atoms in total. The maximum atomic E-state index is 12.6. The zero-order valence-corrected chi connectivity index (χ0v) is 9.75. The van der Waals surface area contributed by atoms with Crippen LogP contribution in [0.1, 0.15) is 12.0 Å². The summed E-state index contributed by atoms with van der Waals surface area (Å²) in [6.07, 6.45) is -3.92. The number of hydrogen-bond donors (Lipinski definition) is 2. The maximum Gasteiger partial charge on any atom is 0.416 e. The quantitative estimate of drug-likeness (QED) is 0.466. The van der Waals surface area contributed by atoms with Gasteiger partial charge in [-0.3, -0.25) is 0 Å². The lowest BCUT2D eigenvalue weighted by Gasteiger charge is -2.11. The summed E-state index contributed by atoms with van der Waals surface area (Å²) in [6, 6.07) is 1.63. The minimum absolute atomic E-state index is 0.105. The molecule has 0 unspecified atom stereocenters. The lowest BCUT2D eigenvalue weighted by atomic mass is 10.2. The van der Waals surface area contributed by atoms with Gasteiger partial charge in [0.15, 0.2) is 0 Å². The number of alkyl halides is 3. The molecule has 1 rings (SSSR count). The molecule has 1 aromatic rings. The van der Waals surface area contributed by atoms with Crippen molar-refractivity contribution in [3.8, 4) is 5.88 Å². The van der Waals surface area contributed by atoms with Crippen LogP contribution in [-0.4, -0.2) is 25.3 Å². The third kappa shape index (κ3) is 4.38. The lowest BCUT2D eigenvalue weighted by Crippen LogP contribution is -2.13. The largest absolute Gasteiger partial charge is 0.478 e. The number of methoxy groups -OCH3 is 1. The standard InChI is InChI=1S/C10H14F3N3O2/c1-17-3-2-4-18-9-6-7(10(11,12)13)5-8(15-9)16-14/h5-6H,2-4,14H2,1H3,(H,15,16). The molecular weight excluding hydrogens is 251 g/mol. The van der Waals surface area contributed by atoms with E-state index in [4.69, 9.17) is 15.3 Å². The second kappa shape index (κ2) is 6.41. The second-order valence-corrected chi connectivity index (χ2v) is 3.42. The Labute approximate surface area is 102 Å². The zero-order chi connectivity index (χ0) is 13.6. The number of anilines is 1. The predicted molar refractivity (Wildman–Crippen MR) is 59.0 cm³/mol. The van der Waals surface area contributed by atoms with Crippen LogP contribution in [0.3, 0.4) is 0 Å². The van der Waals surface area contributed by atoms with Gasteiger partial charge in [-0.1, -0.05) is 0 Å². The fourth-order valence-electron chi connectivity index (χ4n) is 1.20. The fraction of sp³-hybridized carbons (Fsp3) is 0.500. The molecule has 8 heteroatoms. The summed E-state index contributed by atoms with van der Waals surface area (Å²) in [6.45, 7) is 0.674. The molecule has 0 saturated heterocycles. The third-order valence-electron chi connectivity index (χ3n) is 2.02. The Kier molecular flexibility index (Phi) is 5.17. The number of halogens is 3. The van der Waals surface area contributed by atoms with E-state index in [1.54, 1.807) is 0 Å². The van der Waals surface area contributed by atoms with Crippen molar-refractivity contribution in [3.05, 3.63) is 17.7 Å². The van der Waals surface area contributed by atoms with E-state index in [2.05, 4.69) is 10.4 Å². The van der Waals surface area contributed by atoms with Gasteiger partial charge in [0.2, 0.25) is 5.88 Å². The molecule has 18 heavy (non-hydrogen) atoms. The van der Waals surface area contributed by atoms with Crippen LogP contribution < -0.4 is 16.0 Å². The van der Waals surface area contributed by atoms with Crippen molar-refractivity contribution in [2.75, 3.05) is 25.7 Å². The van der Waals surface area contributed by atoms with Crippen molar-refractivity contribution in [1.29, 1.82) is 0 Å². The normalized spacial score (nSPS) is 11.4. The molecule has 0 saturated carbocycles. The molecule has 1 aromatic heterocycles. The molecule has 0 aliphatic heterocycles. The first-order valence-electron chi connectivity index (χ1n) is 5.15. The van der Waals surface area contributed by atoms with Crippen LogP contribution in [0.2, 0.25) is 0 Å². The van der Waals surface area contributed by atoms with E-state index in [0.29, 0.717) is 13.0 Å². The van der Waals surface area contributed by atoms with Crippen LogP contribution >= 0.6 is 0 Å². The SMILES string of the molecule is COCCCOc1cc(C(F)(F)F)cc(NN)n1. The van der Waals surface area contributed by atoms with Crippen LogP contribution in [0.4, 0.5) is 19.0 Å². The monoisotopic (exact) mass is 265 g/mol. The molecule has 0 aliphatic carbocycles. The number of nitrogens with zero attached hydrogens (tertiary/aromatic N) is 1. The van der Waals surface area contributed by atoms with Crippen molar-refractivity contribution >= 4 is 5.82 Å². The van der Waals surface area contributed by atoms with Gasteiger partial charge >= 0.3 is 6.18 Å². The first-order valence-corrected chi connectivity index (χ1v) is 5.15. The summed E-state index contributed by atoms with van der Waals surface area (Å²) in [4.78, 5) is 3.76. The van der Waals surface area contributed by atoms with Gasteiger partial charge in [-0.05, 0) is 6.07 Å². The summed E-state index contributed by atoms with van der Waals surface area (Å²) >= 11 is 0. The van der Waals surface area contributed by atoms with Crippen molar-refractivity contribution in [1.82, 2.24) is 4.98 Å². The minimum atomic E-state index is -4.47. The van der Waals surface area contributed by atoms with Crippen molar-refractivity contribution in [3.63, 3.8) is 0 Å². The Balaban J connectivity index is 2.78. The van der Waals surface area contributed by atoms with Gasteiger partial charge < -0.3 is 14.9 Å². The molecule has 3 N–H and O–H groups in total. The summed E-state index contributed by atoms with van der Waals surface area (Å²) in [5, 5.41) is 0. The van der Waals surface area contributed by atoms with Gasteiger partial charge in [-0.25, -0.2) is 5.84 Å². The molecule has 0 aliphatic rings. The molecule has 0 fully saturated rings. The van der Waals surface area contributed by atoms with Crippen LogP contribution in [-0.2, 0) is 10.9 Å². The number of nitrogens with one attached hydrogen (secondary N) is 1. The Bertz CT molecular complexity index is 385. The summed E-state index contributed by atoms with van der Waals surface area (Å²) in [7, 11) is 1.53. The van der Waals surface area contributed by atoms with E-state index in [0.717, 1.165) is 12.1 Å². The highest BCUT2D eigenvalue weighted by atomic mass is 19.4. The number of nitrogens with two attached hydrogens (primary N) is 1. The number of hydrogen-bond acceptors (Lipinski definition) is 5. The second-order valence-electron chi connectivity index (χ2n) is 3.42. The number of rotatable bonds is 6.